The van der Waals surface area contributed by atoms with E-state index in [4.69, 9.17) is 0 Å². The molecule has 1 fully saturated rings. The molecule has 9 heteroatoms. The van der Waals surface area contributed by atoms with E-state index in [2.05, 4.69) is 34.1 Å². The molecule has 1 aromatic rings. The number of carbonyl (C=O) groups excluding carboxylic acids is 1. The van der Waals surface area contributed by atoms with E-state index in [-0.39, 0.29) is 26.8 Å². The first-order chi connectivity index (χ1) is 9.18. The first-order valence-electron chi connectivity index (χ1n) is 6.31. The van der Waals surface area contributed by atoms with E-state index in [1.54, 1.807) is 0 Å². The van der Waals surface area contributed by atoms with Crippen LogP contribution in [0.25, 0.3) is 0 Å². The van der Waals surface area contributed by atoms with Crippen molar-refractivity contribution in [3.8, 4) is 0 Å². The molecule has 1 saturated carbocycles. The average molecular weight is 318 g/mol. The van der Waals surface area contributed by atoms with Gasteiger partial charge in [-0.3, -0.25) is 4.79 Å². The van der Waals surface area contributed by atoms with Crippen molar-refractivity contribution >= 4 is 32.4 Å². The fourth-order valence-electron chi connectivity index (χ4n) is 2.33. The van der Waals surface area contributed by atoms with E-state index in [0.29, 0.717) is 0 Å². The number of rotatable bonds is 4. The maximum atomic E-state index is 12.2. The molecule has 0 saturated heterocycles. The Labute approximate surface area is 122 Å². The summed E-state index contributed by atoms with van der Waals surface area (Å²) in [4.78, 5) is 10.9. The van der Waals surface area contributed by atoms with E-state index in [1.165, 1.54) is 6.92 Å². The zero-order chi connectivity index (χ0) is 15.0. The summed E-state index contributed by atoms with van der Waals surface area (Å²) in [5.74, 6) is -0.310. The lowest BCUT2D eigenvalue weighted by Crippen LogP contribution is -2.33. The van der Waals surface area contributed by atoms with E-state index in [0.717, 1.165) is 30.6 Å². The van der Waals surface area contributed by atoms with Crippen LogP contribution in [-0.4, -0.2) is 30.6 Å². The molecule has 1 aliphatic rings. The van der Waals surface area contributed by atoms with Gasteiger partial charge < -0.3 is 5.32 Å². The number of sulfonamides is 1. The molecule has 0 radical (unpaired) electrons. The molecular weight excluding hydrogens is 300 g/mol. The Hall–Kier alpha value is -1.06. The Morgan fingerprint density at radius 3 is 2.65 bits per heavy atom. The lowest BCUT2D eigenvalue weighted by molar-refractivity contribution is -0.114. The summed E-state index contributed by atoms with van der Waals surface area (Å²) < 4.78 is 26.9. The molecule has 1 aliphatic carbocycles. The SMILES string of the molecule is CC(=O)Nc1nnc(S(=O)(=O)NC2CCC(C)(C)C2)s1. The molecule has 1 heterocycles. The van der Waals surface area contributed by atoms with Gasteiger partial charge in [0.2, 0.25) is 15.4 Å². The fraction of sp³-hybridized carbons (Fsp3) is 0.727. The fourth-order valence-corrected chi connectivity index (χ4v) is 4.56. The van der Waals surface area contributed by atoms with Crippen molar-refractivity contribution in [1.29, 1.82) is 0 Å². The molecule has 0 spiro atoms. The lowest BCUT2D eigenvalue weighted by Gasteiger charge is -2.17. The highest BCUT2D eigenvalue weighted by molar-refractivity contribution is 7.91. The van der Waals surface area contributed by atoms with Crippen LogP contribution in [-0.2, 0) is 14.8 Å². The van der Waals surface area contributed by atoms with Gasteiger partial charge in [-0.25, -0.2) is 13.1 Å². The average Bonchev–Trinajstić information content (AvgIpc) is 2.84. The predicted octanol–water partition coefficient (Wildman–Crippen LogP) is 1.35. The molecule has 112 valence electrons. The molecule has 0 aliphatic heterocycles. The van der Waals surface area contributed by atoms with Crippen LogP contribution in [0.5, 0.6) is 0 Å². The van der Waals surface area contributed by atoms with Crippen molar-refractivity contribution in [2.24, 2.45) is 5.41 Å². The van der Waals surface area contributed by atoms with Crippen molar-refractivity contribution in [1.82, 2.24) is 14.9 Å². The molecule has 1 atom stereocenters. The number of amides is 1. The molecular formula is C11H18N4O3S2. The summed E-state index contributed by atoms with van der Waals surface area (Å²) in [5.41, 5.74) is 0.162. The summed E-state index contributed by atoms with van der Waals surface area (Å²) in [6.07, 6.45) is 2.63. The zero-order valence-electron chi connectivity index (χ0n) is 11.6. The van der Waals surface area contributed by atoms with Crippen molar-refractivity contribution in [2.75, 3.05) is 5.32 Å². The second-order valence-electron chi connectivity index (χ2n) is 5.78. The molecule has 20 heavy (non-hydrogen) atoms. The van der Waals surface area contributed by atoms with Crippen LogP contribution in [0.3, 0.4) is 0 Å². The normalized spacial score (nSPS) is 21.9. The molecule has 0 bridgehead atoms. The van der Waals surface area contributed by atoms with Crippen LogP contribution in [0.4, 0.5) is 5.13 Å². The first kappa shape index (κ1) is 15.3. The highest BCUT2D eigenvalue weighted by atomic mass is 32.2. The first-order valence-corrected chi connectivity index (χ1v) is 8.61. The predicted molar refractivity (Wildman–Crippen MR) is 76.0 cm³/mol. The maximum Gasteiger partial charge on any atom is 0.270 e. The largest absolute Gasteiger partial charge is 0.301 e. The van der Waals surface area contributed by atoms with Gasteiger partial charge in [-0.05, 0) is 24.7 Å². The lowest BCUT2D eigenvalue weighted by atomic mass is 9.92. The van der Waals surface area contributed by atoms with Crippen molar-refractivity contribution in [2.45, 2.75) is 50.4 Å². The maximum absolute atomic E-state index is 12.2. The minimum Gasteiger partial charge on any atom is -0.301 e. The van der Waals surface area contributed by atoms with Gasteiger partial charge in [-0.2, -0.15) is 0 Å². The van der Waals surface area contributed by atoms with E-state index in [9.17, 15) is 13.2 Å². The third kappa shape index (κ3) is 3.74. The minimum absolute atomic E-state index is 0.0666. The molecule has 2 rings (SSSR count). The summed E-state index contributed by atoms with van der Waals surface area (Å²) >= 11 is 0.847. The Bertz CT molecular complexity index is 609. The third-order valence-electron chi connectivity index (χ3n) is 3.21. The molecule has 1 unspecified atom stereocenters. The third-order valence-corrected chi connectivity index (χ3v) is 5.94. The molecule has 0 aromatic carbocycles. The van der Waals surface area contributed by atoms with Crippen LogP contribution >= 0.6 is 11.3 Å². The number of hydrogen-bond donors (Lipinski definition) is 2. The Kier molecular flexibility index (Phi) is 4.12. The molecule has 1 aromatic heterocycles. The number of anilines is 1. The summed E-state index contributed by atoms with van der Waals surface area (Å²) in [7, 11) is -3.67. The number of carbonyl (C=O) groups is 1. The van der Waals surface area contributed by atoms with E-state index >= 15 is 0 Å². The highest BCUT2D eigenvalue weighted by Gasteiger charge is 2.34. The van der Waals surface area contributed by atoms with Crippen molar-refractivity contribution in [3.05, 3.63) is 0 Å². The Balaban J connectivity index is 2.07. The second kappa shape index (κ2) is 5.38. The summed E-state index contributed by atoms with van der Waals surface area (Å²) in [5, 5.41) is 9.87. The smallest absolute Gasteiger partial charge is 0.270 e. The van der Waals surface area contributed by atoms with Gasteiger partial charge in [0, 0.05) is 13.0 Å². The number of aromatic nitrogens is 2. The Morgan fingerprint density at radius 2 is 2.10 bits per heavy atom. The summed E-state index contributed by atoms with van der Waals surface area (Å²) in [6.45, 7) is 5.58. The van der Waals surface area contributed by atoms with Crippen LogP contribution in [0.1, 0.15) is 40.0 Å². The van der Waals surface area contributed by atoms with Gasteiger partial charge in [-0.1, -0.05) is 25.2 Å². The van der Waals surface area contributed by atoms with Crippen LogP contribution in [0, 0.1) is 5.41 Å². The van der Waals surface area contributed by atoms with Crippen LogP contribution in [0.15, 0.2) is 4.34 Å². The standard InChI is InChI=1S/C11H18N4O3S2/c1-7(16)12-9-13-14-10(19-9)20(17,18)15-8-4-5-11(2,3)6-8/h8,15H,4-6H2,1-3H3,(H,12,13,16). The number of nitrogens with one attached hydrogen (secondary N) is 2. The van der Waals surface area contributed by atoms with Gasteiger partial charge in [0.25, 0.3) is 10.0 Å². The Morgan fingerprint density at radius 1 is 1.40 bits per heavy atom. The van der Waals surface area contributed by atoms with Gasteiger partial charge in [0.05, 0.1) is 0 Å². The van der Waals surface area contributed by atoms with Crippen LogP contribution in [0.2, 0.25) is 0 Å². The second-order valence-corrected chi connectivity index (χ2v) is 8.64. The van der Waals surface area contributed by atoms with E-state index < -0.39 is 10.0 Å². The number of hydrogen-bond acceptors (Lipinski definition) is 6. The summed E-state index contributed by atoms with van der Waals surface area (Å²) in [6, 6.07) is -0.0666. The molecule has 1 amide bonds. The highest BCUT2D eigenvalue weighted by Crippen LogP contribution is 2.37. The van der Waals surface area contributed by atoms with Crippen LogP contribution < -0.4 is 10.0 Å². The van der Waals surface area contributed by atoms with Gasteiger partial charge in [-0.15, -0.1) is 10.2 Å². The van der Waals surface area contributed by atoms with Gasteiger partial charge in [0.15, 0.2) is 0 Å². The molecule has 7 nitrogen and oxygen atoms in total. The quantitative estimate of drug-likeness (QED) is 0.816. The minimum atomic E-state index is -3.67. The molecule has 2 N–H and O–H groups in total. The van der Waals surface area contributed by atoms with Crippen molar-refractivity contribution in [3.63, 3.8) is 0 Å². The monoisotopic (exact) mass is 318 g/mol. The van der Waals surface area contributed by atoms with Gasteiger partial charge >= 0.3 is 0 Å². The van der Waals surface area contributed by atoms with Gasteiger partial charge in [0.1, 0.15) is 0 Å². The zero-order valence-corrected chi connectivity index (χ0v) is 13.3. The van der Waals surface area contributed by atoms with E-state index in [1.807, 2.05) is 0 Å². The topological polar surface area (TPSA) is 101 Å². The van der Waals surface area contributed by atoms with Crippen molar-refractivity contribution < 1.29 is 13.2 Å². The number of nitrogens with zero attached hydrogens (tertiary/aromatic N) is 2.